The first-order valence-corrected chi connectivity index (χ1v) is 4.91. The summed E-state index contributed by atoms with van der Waals surface area (Å²) in [6.45, 7) is 0. The predicted molar refractivity (Wildman–Crippen MR) is 57.1 cm³/mol. The molecule has 1 rings (SSSR count). The predicted octanol–water partition coefficient (Wildman–Crippen LogP) is 1.19. The molecule has 0 aliphatic heterocycles. The van der Waals surface area contributed by atoms with E-state index >= 15 is 0 Å². The second-order valence-electron chi connectivity index (χ2n) is 3.48. The fourth-order valence-corrected chi connectivity index (χ4v) is 1.47. The highest BCUT2D eigenvalue weighted by Gasteiger charge is 2.18. The van der Waals surface area contributed by atoms with Crippen molar-refractivity contribution in [2.75, 3.05) is 14.2 Å². The van der Waals surface area contributed by atoms with Crippen molar-refractivity contribution in [3.05, 3.63) is 29.3 Å². The van der Waals surface area contributed by atoms with Gasteiger partial charge in [0.2, 0.25) is 0 Å². The van der Waals surface area contributed by atoms with Gasteiger partial charge in [-0.05, 0) is 31.2 Å². The minimum atomic E-state index is -1.08. The number of benzene rings is 1. The highest BCUT2D eigenvalue weighted by molar-refractivity contribution is 5.73. The molecule has 2 N–H and O–H groups in total. The molecule has 0 heterocycles. The van der Waals surface area contributed by atoms with Gasteiger partial charge in [0, 0.05) is 0 Å². The topological polar surface area (TPSA) is 58.6 Å². The molecule has 0 fully saturated rings. The number of carboxylic acids is 1. The Labute approximate surface area is 97.2 Å². The maximum atomic E-state index is 13.3. The number of aliphatic carboxylic acids is 1. The van der Waals surface area contributed by atoms with Crippen molar-refractivity contribution in [2.24, 2.45) is 0 Å². The first-order valence-electron chi connectivity index (χ1n) is 4.91. The molecular formula is C11H13F2NO3. The standard InChI is InChI=1S/C11H13F2NO3/c1-14-9(11(15)16)5-6-3-7(12)10(17-2)8(13)4-6/h3-4,9,14H,5H2,1-2H3,(H,15,16). The monoisotopic (exact) mass is 245 g/mol. The second-order valence-corrected chi connectivity index (χ2v) is 3.48. The van der Waals surface area contributed by atoms with Crippen molar-refractivity contribution >= 4 is 5.97 Å². The van der Waals surface area contributed by atoms with Gasteiger partial charge in [-0.3, -0.25) is 4.79 Å². The molecule has 0 saturated carbocycles. The molecule has 0 aliphatic carbocycles. The molecule has 94 valence electrons. The Kier molecular flexibility index (Phi) is 4.39. The van der Waals surface area contributed by atoms with Crippen LogP contribution in [0.15, 0.2) is 12.1 Å². The zero-order valence-corrected chi connectivity index (χ0v) is 9.46. The van der Waals surface area contributed by atoms with Crippen molar-refractivity contribution in [3.8, 4) is 5.75 Å². The average molecular weight is 245 g/mol. The fraction of sp³-hybridized carbons (Fsp3) is 0.364. The number of methoxy groups -OCH3 is 1. The third-order valence-corrected chi connectivity index (χ3v) is 2.35. The maximum absolute atomic E-state index is 13.3. The zero-order valence-electron chi connectivity index (χ0n) is 9.46. The number of carboxylic acid groups (broad SMARTS) is 1. The number of hydrogen-bond acceptors (Lipinski definition) is 3. The molecule has 0 amide bonds. The van der Waals surface area contributed by atoms with Crippen LogP contribution in [0.4, 0.5) is 8.78 Å². The van der Waals surface area contributed by atoms with Gasteiger partial charge in [-0.25, -0.2) is 8.78 Å². The normalized spacial score (nSPS) is 12.2. The third kappa shape index (κ3) is 3.13. The number of carbonyl (C=O) groups is 1. The lowest BCUT2D eigenvalue weighted by molar-refractivity contribution is -0.139. The van der Waals surface area contributed by atoms with Crippen LogP contribution >= 0.6 is 0 Å². The lowest BCUT2D eigenvalue weighted by atomic mass is 10.1. The van der Waals surface area contributed by atoms with Gasteiger partial charge in [0.05, 0.1) is 7.11 Å². The Bertz CT molecular complexity index is 400. The summed E-state index contributed by atoms with van der Waals surface area (Å²) in [6.07, 6.45) is -0.0103. The first-order chi connectivity index (χ1) is 7.99. The van der Waals surface area contributed by atoms with E-state index in [9.17, 15) is 13.6 Å². The van der Waals surface area contributed by atoms with Gasteiger partial charge in [0.15, 0.2) is 17.4 Å². The van der Waals surface area contributed by atoms with Gasteiger partial charge in [-0.2, -0.15) is 0 Å². The van der Waals surface area contributed by atoms with Crippen LogP contribution in [0.3, 0.4) is 0 Å². The molecule has 4 nitrogen and oxygen atoms in total. The van der Waals surface area contributed by atoms with E-state index in [1.165, 1.54) is 7.05 Å². The van der Waals surface area contributed by atoms with E-state index < -0.39 is 29.4 Å². The molecule has 0 spiro atoms. The molecule has 0 aliphatic rings. The SMILES string of the molecule is CNC(Cc1cc(F)c(OC)c(F)c1)C(=O)O. The molecule has 1 unspecified atom stereocenters. The van der Waals surface area contributed by atoms with Crippen LogP contribution in [0.1, 0.15) is 5.56 Å². The third-order valence-electron chi connectivity index (χ3n) is 2.35. The number of rotatable bonds is 5. The van der Waals surface area contributed by atoms with E-state index in [-0.39, 0.29) is 12.0 Å². The molecule has 1 aromatic carbocycles. The van der Waals surface area contributed by atoms with Crippen molar-refractivity contribution in [1.82, 2.24) is 5.32 Å². The second kappa shape index (κ2) is 5.58. The molecule has 6 heteroatoms. The van der Waals surface area contributed by atoms with Crippen molar-refractivity contribution in [3.63, 3.8) is 0 Å². The maximum Gasteiger partial charge on any atom is 0.321 e. The van der Waals surface area contributed by atoms with E-state index in [1.54, 1.807) is 0 Å². The first kappa shape index (κ1) is 13.4. The van der Waals surface area contributed by atoms with Crippen LogP contribution in [0, 0.1) is 11.6 Å². The lowest BCUT2D eigenvalue weighted by Gasteiger charge is -2.12. The molecule has 1 atom stereocenters. The van der Waals surface area contributed by atoms with Gasteiger partial charge in [-0.15, -0.1) is 0 Å². The number of hydrogen-bond donors (Lipinski definition) is 2. The quantitative estimate of drug-likeness (QED) is 0.818. The number of nitrogens with one attached hydrogen (secondary N) is 1. The Morgan fingerprint density at radius 2 is 2.00 bits per heavy atom. The van der Waals surface area contributed by atoms with Crippen LogP contribution in [-0.4, -0.2) is 31.3 Å². The number of likely N-dealkylation sites (N-methyl/N-ethyl adjacent to an activating group) is 1. The number of halogens is 2. The highest BCUT2D eigenvalue weighted by atomic mass is 19.1. The summed E-state index contributed by atoms with van der Waals surface area (Å²) in [6, 6.07) is 1.24. The van der Waals surface area contributed by atoms with Crippen LogP contribution in [0.25, 0.3) is 0 Å². The summed E-state index contributed by atoms with van der Waals surface area (Å²) in [5, 5.41) is 11.3. The Balaban J connectivity index is 2.97. The van der Waals surface area contributed by atoms with Gasteiger partial charge >= 0.3 is 5.97 Å². The van der Waals surface area contributed by atoms with Gasteiger partial charge in [0.1, 0.15) is 6.04 Å². The minimum Gasteiger partial charge on any atom is -0.491 e. The van der Waals surface area contributed by atoms with Crippen LogP contribution in [-0.2, 0) is 11.2 Å². The molecule has 0 bridgehead atoms. The van der Waals surface area contributed by atoms with Crippen molar-refractivity contribution < 1.29 is 23.4 Å². The molecule has 0 saturated heterocycles. The van der Waals surface area contributed by atoms with E-state index in [4.69, 9.17) is 5.11 Å². The Morgan fingerprint density at radius 1 is 1.47 bits per heavy atom. The smallest absolute Gasteiger partial charge is 0.321 e. The Morgan fingerprint density at radius 3 is 2.35 bits per heavy atom. The zero-order chi connectivity index (χ0) is 13.0. The van der Waals surface area contributed by atoms with Crippen LogP contribution in [0.2, 0.25) is 0 Å². The Hall–Kier alpha value is -1.69. The molecule has 0 radical (unpaired) electrons. The summed E-state index contributed by atoms with van der Waals surface area (Å²) in [5.41, 5.74) is 0.252. The molecule has 17 heavy (non-hydrogen) atoms. The highest BCUT2D eigenvalue weighted by Crippen LogP contribution is 2.23. The van der Waals surface area contributed by atoms with Crippen LogP contribution in [0.5, 0.6) is 5.75 Å². The summed E-state index contributed by atoms with van der Waals surface area (Å²) in [5.74, 6) is -3.24. The van der Waals surface area contributed by atoms with Gasteiger partial charge in [-0.1, -0.05) is 0 Å². The van der Waals surface area contributed by atoms with Crippen molar-refractivity contribution in [2.45, 2.75) is 12.5 Å². The van der Waals surface area contributed by atoms with E-state index in [0.717, 1.165) is 19.2 Å². The summed E-state index contributed by atoms with van der Waals surface area (Å²) in [4.78, 5) is 10.8. The molecule has 1 aromatic rings. The lowest BCUT2D eigenvalue weighted by Crippen LogP contribution is -2.35. The summed E-state index contributed by atoms with van der Waals surface area (Å²) < 4.78 is 31.2. The van der Waals surface area contributed by atoms with Gasteiger partial charge < -0.3 is 15.2 Å². The fourth-order valence-electron chi connectivity index (χ4n) is 1.47. The van der Waals surface area contributed by atoms with E-state index in [1.807, 2.05) is 0 Å². The average Bonchev–Trinajstić information content (AvgIpc) is 2.25. The van der Waals surface area contributed by atoms with Crippen LogP contribution < -0.4 is 10.1 Å². The van der Waals surface area contributed by atoms with Crippen molar-refractivity contribution in [1.29, 1.82) is 0 Å². The van der Waals surface area contributed by atoms with E-state index in [0.29, 0.717) is 0 Å². The molecule has 0 aromatic heterocycles. The molecular weight excluding hydrogens is 232 g/mol. The largest absolute Gasteiger partial charge is 0.491 e. The number of ether oxygens (including phenoxy) is 1. The van der Waals surface area contributed by atoms with E-state index in [2.05, 4.69) is 10.1 Å². The van der Waals surface area contributed by atoms with Gasteiger partial charge in [0.25, 0.3) is 0 Å². The summed E-state index contributed by atoms with van der Waals surface area (Å²) in [7, 11) is 2.63. The summed E-state index contributed by atoms with van der Waals surface area (Å²) >= 11 is 0. The minimum absolute atomic E-state index is 0.0103.